The average Bonchev–Trinajstić information content (AvgIpc) is 3.03. The Hall–Kier alpha value is -1.72. The van der Waals surface area contributed by atoms with Crippen LogP contribution in [0.3, 0.4) is 0 Å². The van der Waals surface area contributed by atoms with Gasteiger partial charge in [-0.1, -0.05) is 12.1 Å². The van der Waals surface area contributed by atoms with Crippen LogP contribution in [-0.4, -0.2) is 47.9 Å². The summed E-state index contributed by atoms with van der Waals surface area (Å²) in [5.74, 6) is 2.31. The van der Waals surface area contributed by atoms with Crippen LogP contribution in [0.25, 0.3) is 10.9 Å². The third-order valence-electron chi connectivity index (χ3n) is 4.99. The first kappa shape index (κ1) is 13.0. The molecule has 1 aromatic heterocycles. The predicted octanol–water partition coefficient (Wildman–Crippen LogP) is 0.956. The second-order valence-electron chi connectivity index (χ2n) is 6.34. The van der Waals surface area contributed by atoms with Gasteiger partial charge in [0.05, 0.1) is 12.1 Å². The van der Waals surface area contributed by atoms with Gasteiger partial charge in [0.2, 0.25) is 0 Å². The van der Waals surface area contributed by atoms with Crippen LogP contribution in [0.1, 0.15) is 5.82 Å². The van der Waals surface area contributed by atoms with Crippen LogP contribution in [0, 0.1) is 18.3 Å². The summed E-state index contributed by atoms with van der Waals surface area (Å²) in [5, 5.41) is 14.4. The summed E-state index contributed by atoms with van der Waals surface area (Å²) in [6.45, 7) is 5.88. The van der Waals surface area contributed by atoms with Crippen molar-refractivity contribution in [3.8, 4) is 0 Å². The number of aromatic nitrogens is 2. The van der Waals surface area contributed by atoms with E-state index in [9.17, 15) is 5.11 Å². The zero-order valence-corrected chi connectivity index (χ0v) is 12.2. The van der Waals surface area contributed by atoms with Gasteiger partial charge in [-0.05, 0) is 25.0 Å². The molecule has 5 heteroatoms. The largest absolute Gasteiger partial charge is 0.396 e. The molecule has 0 aliphatic carbocycles. The van der Waals surface area contributed by atoms with E-state index in [0.29, 0.717) is 5.92 Å². The predicted molar refractivity (Wildman–Crippen MR) is 82.4 cm³/mol. The normalized spacial score (nSPS) is 28.3. The van der Waals surface area contributed by atoms with E-state index in [1.165, 1.54) is 0 Å². The number of hydrogen-bond acceptors (Lipinski definition) is 5. The number of hydrogen-bond donors (Lipinski definition) is 2. The topological polar surface area (TPSA) is 61.3 Å². The molecule has 2 aliphatic heterocycles. The summed E-state index contributed by atoms with van der Waals surface area (Å²) >= 11 is 0. The molecular weight excluding hydrogens is 264 g/mol. The van der Waals surface area contributed by atoms with Gasteiger partial charge < -0.3 is 15.3 Å². The number of benzene rings is 1. The Morgan fingerprint density at radius 3 is 3.05 bits per heavy atom. The standard InChI is InChI=1S/C16H20N4O/c1-11-18-14-5-3-2-4-13(14)15(19-11)20-7-12-6-17-8-16(12,9-20)10-21/h2-5,12,17,21H,6-10H2,1H3. The molecule has 5 nitrogen and oxygen atoms in total. The van der Waals surface area contributed by atoms with Crippen molar-refractivity contribution in [3.05, 3.63) is 30.1 Å². The van der Waals surface area contributed by atoms with Gasteiger partial charge in [0.1, 0.15) is 11.6 Å². The minimum absolute atomic E-state index is 0.0139. The highest BCUT2D eigenvalue weighted by Gasteiger charge is 2.49. The molecule has 0 bridgehead atoms. The fourth-order valence-corrected chi connectivity index (χ4v) is 3.82. The number of rotatable bonds is 2. The Balaban J connectivity index is 1.78. The lowest BCUT2D eigenvalue weighted by atomic mass is 9.82. The maximum absolute atomic E-state index is 9.86. The first-order chi connectivity index (χ1) is 10.2. The molecular formula is C16H20N4O. The maximum Gasteiger partial charge on any atom is 0.140 e. The number of para-hydroxylation sites is 1. The molecule has 0 spiro atoms. The van der Waals surface area contributed by atoms with E-state index < -0.39 is 0 Å². The fourth-order valence-electron chi connectivity index (χ4n) is 3.82. The molecule has 2 aromatic rings. The minimum atomic E-state index is -0.0139. The van der Waals surface area contributed by atoms with Gasteiger partial charge in [-0.25, -0.2) is 9.97 Å². The van der Waals surface area contributed by atoms with Crippen molar-refractivity contribution in [1.29, 1.82) is 0 Å². The number of fused-ring (bicyclic) bond motifs is 2. The molecule has 21 heavy (non-hydrogen) atoms. The molecule has 2 fully saturated rings. The van der Waals surface area contributed by atoms with Crippen LogP contribution in [0.2, 0.25) is 0 Å². The highest BCUT2D eigenvalue weighted by molar-refractivity contribution is 5.89. The van der Waals surface area contributed by atoms with Crippen molar-refractivity contribution in [1.82, 2.24) is 15.3 Å². The number of nitrogens with one attached hydrogen (secondary N) is 1. The first-order valence-electron chi connectivity index (χ1n) is 7.52. The van der Waals surface area contributed by atoms with Crippen LogP contribution >= 0.6 is 0 Å². The molecule has 1 aromatic carbocycles. The molecule has 3 heterocycles. The Morgan fingerprint density at radius 1 is 1.38 bits per heavy atom. The molecule has 2 saturated heterocycles. The van der Waals surface area contributed by atoms with Crippen LogP contribution in [-0.2, 0) is 0 Å². The fraction of sp³-hybridized carbons (Fsp3) is 0.500. The molecule has 0 radical (unpaired) electrons. The van der Waals surface area contributed by atoms with Gasteiger partial charge in [-0.2, -0.15) is 0 Å². The number of aryl methyl sites for hydroxylation is 1. The molecule has 110 valence electrons. The number of anilines is 1. The molecule has 2 N–H and O–H groups in total. The summed E-state index contributed by atoms with van der Waals surface area (Å²) in [5.41, 5.74) is 0.980. The van der Waals surface area contributed by atoms with Crippen molar-refractivity contribution in [3.63, 3.8) is 0 Å². The van der Waals surface area contributed by atoms with E-state index in [1.807, 2.05) is 25.1 Å². The minimum Gasteiger partial charge on any atom is -0.396 e. The third-order valence-corrected chi connectivity index (χ3v) is 4.99. The van der Waals surface area contributed by atoms with E-state index in [1.54, 1.807) is 0 Å². The second-order valence-corrected chi connectivity index (χ2v) is 6.34. The smallest absolute Gasteiger partial charge is 0.140 e. The lowest BCUT2D eigenvalue weighted by Gasteiger charge is -2.26. The summed E-state index contributed by atoms with van der Waals surface area (Å²) in [7, 11) is 0. The van der Waals surface area contributed by atoms with E-state index >= 15 is 0 Å². The summed E-state index contributed by atoms with van der Waals surface area (Å²) < 4.78 is 0. The Kier molecular flexibility index (Phi) is 2.87. The van der Waals surface area contributed by atoms with Crippen molar-refractivity contribution in [2.24, 2.45) is 11.3 Å². The van der Waals surface area contributed by atoms with Crippen LogP contribution in [0.5, 0.6) is 0 Å². The number of nitrogens with zero attached hydrogens (tertiary/aromatic N) is 3. The van der Waals surface area contributed by atoms with Gasteiger partial charge in [0.25, 0.3) is 0 Å². The molecule has 4 rings (SSSR count). The highest BCUT2D eigenvalue weighted by atomic mass is 16.3. The van der Waals surface area contributed by atoms with Crippen LogP contribution in [0.15, 0.2) is 24.3 Å². The molecule has 2 unspecified atom stereocenters. The molecule has 2 atom stereocenters. The zero-order valence-electron chi connectivity index (χ0n) is 12.2. The van der Waals surface area contributed by atoms with Gasteiger partial charge in [-0.15, -0.1) is 0 Å². The summed E-state index contributed by atoms with van der Waals surface area (Å²) in [6, 6.07) is 8.16. The number of aliphatic hydroxyl groups excluding tert-OH is 1. The van der Waals surface area contributed by atoms with E-state index in [2.05, 4.69) is 26.3 Å². The quantitative estimate of drug-likeness (QED) is 0.860. The van der Waals surface area contributed by atoms with E-state index in [4.69, 9.17) is 0 Å². The lowest BCUT2D eigenvalue weighted by Crippen LogP contribution is -2.36. The van der Waals surface area contributed by atoms with E-state index in [-0.39, 0.29) is 12.0 Å². The Morgan fingerprint density at radius 2 is 2.24 bits per heavy atom. The van der Waals surface area contributed by atoms with Gasteiger partial charge >= 0.3 is 0 Å². The lowest BCUT2D eigenvalue weighted by molar-refractivity contribution is 0.135. The van der Waals surface area contributed by atoms with Crippen LogP contribution in [0.4, 0.5) is 5.82 Å². The summed E-state index contributed by atoms with van der Waals surface area (Å²) in [6.07, 6.45) is 0. The second kappa shape index (κ2) is 4.64. The van der Waals surface area contributed by atoms with Crippen molar-refractivity contribution in [2.75, 3.05) is 37.7 Å². The summed E-state index contributed by atoms with van der Waals surface area (Å²) in [4.78, 5) is 11.5. The molecule has 0 saturated carbocycles. The van der Waals surface area contributed by atoms with Crippen molar-refractivity contribution in [2.45, 2.75) is 6.92 Å². The zero-order chi connectivity index (χ0) is 14.4. The monoisotopic (exact) mass is 284 g/mol. The average molecular weight is 284 g/mol. The number of aliphatic hydroxyl groups is 1. The maximum atomic E-state index is 9.86. The molecule has 2 aliphatic rings. The van der Waals surface area contributed by atoms with Gasteiger partial charge in [0, 0.05) is 37.0 Å². The molecule has 0 amide bonds. The van der Waals surface area contributed by atoms with Gasteiger partial charge in [0.15, 0.2) is 0 Å². The Bertz CT molecular complexity index is 689. The third kappa shape index (κ3) is 1.92. The van der Waals surface area contributed by atoms with E-state index in [0.717, 1.165) is 48.7 Å². The van der Waals surface area contributed by atoms with Crippen molar-refractivity contribution < 1.29 is 5.11 Å². The highest BCUT2D eigenvalue weighted by Crippen LogP contribution is 2.41. The first-order valence-corrected chi connectivity index (χ1v) is 7.52. The van der Waals surface area contributed by atoms with Crippen LogP contribution < -0.4 is 10.2 Å². The SMILES string of the molecule is Cc1nc(N2CC3CNCC3(CO)C2)c2ccccc2n1. The van der Waals surface area contributed by atoms with Gasteiger partial charge in [-0.3, -0.25) is 0 Å². The van der Waals surface area contributed by atoms with Crippen molar-refractivity contribution >= 4 is 16.7 Å². The Labute approximate surface area is 124 Å².